The topological polar surface area (TPSA) is 89.9 Å². The van der Waals surface area contributed by atoms with Gasteiger partial charge >= 0.3 is 5.97 Å². The Morgan fingerprint density at radius 1 is 0.923 bits per heavy atom. The van der Waals surface area contributed by atoms with E-state index in [2.05, 4.69) is 12.2 Å². The van der Waals surface area contributed by atoms with Crippen molar-refractivity contribution in [3.63, 3.8) is 0 Å². The highest BCUT2D eigenvalue weighted by molar-refractivity contribution is 5.76. The first-order valence-electron chi connectivity index (χ1n) is 10.4. The van der Waals surface area contributed by atoms with Crippen LogP contribution in [0.5, 0.6) is 0 Å². The molecule has 0 fully saturated rings. The average Bonchev–Trinajstić information content (AvgIpc) is 2.61. The van der Waals surface area contributed by atoms with Crippen molar-refractivity contribution in [3.8, 4) is 0 Å². The number of aliphatic carboxylic acids is 1. The van der Waals surface area contributed by atoms with Crippen LogP contribution in [-0.4, -0.2) is 52.9 Å². The number of aliphatic hydroxyl groups is 1. The average molecular weight is 373 g/mol. The molecule has 1 amide bonds. The summed E-state index contributed by atoms with van der Waals surface area (Å²) in [5.41, 5.74) is 0. The molecule has 0 spiro atoms. The molecule has 6 nitrogen and oxygen atoms in total. The number of hydrogen-bond acceptors (Lipinski definition) is 4. The van der Waals surface area contributed by atoms with Crippen molar-refractivity contribution in [1.29, 1.82) is 0 Å². The van der Waals surface area contributed by atoms with Gasteiger partial charge in [0.25, 0.3) is 0 Å². The monoisotopic (exact) mass is 372 g/mol. The maximum atomic E-state index is 12.3. The van der Waals surface area contributed by atoms with Crippen molar-refractivity contribution in [2.24, 2.45) is 0 Å². The number of carbonyl (C=O) groups is 2. The second-order valence-electron chi connectivity index (χ2n) is 7.05. The molecule has 0 heterocycles. The van der Waals surface area contributed by atoms with Gasteiger partial charge in [-0.25, -0.2) is 0 Å². The second-order valence-corrected chi connectivity index (χ2v) is 7.05. The Bertz CT molecular complexity index is 364. The van der Waals surface area contributed by atoms with Crippen molar-refractivity contribution in [3.05, 3.63) is 0 Å². The number of rotatable bonds is 18. The molecule has 0 bridgehead atoms. The molecule has 0 aromatic rings. The molecule has 0 rings (SSSR count). The number of hydrogen-bond donors (Lipinski definition) is 3. The minimum absolute atomic E-state index is 0.0274. The molecule has 26 heavy (non-hydrogen) atoms. The SMILES string of the molecule is CCCCCCCCCCCCCC(=O)N(CCO)C(C)NCC(=O)O. The van der Waals surface area contributed by atoms with Gasteiger partial charge in [-0.05, 0) is 13.3 Å². The van der Waals surface area contributed by atoms with Gasteiger partial charge in [0.05, 0.1) is 19.3 Å². The van der Waals surface area contributed by atoms with Gasteiger partial charge in [0, 0.05) is 13.0 Å². The molecule has 154 valence electrons. The summed E-state index contributed by atoms with van der Waals surface area (Å²) in [6.45, 7) is 3.89. The summed E-state index contributed by atoms with van der Waals surface area (Å²) >= 11 is 0. The Kier molecular flexibility index (Phi) is 16.5. The molecule has 0 saturated heterocycles. The highest BCUT2D eigenvalue weighted by atomic mass is 16.4. The molecule has 0 aliphatic carbocycles. The third kappa shape index (κ3) is 14.1. The molecular weight excluding hydrogens is 332 g/mol. The predicted octanol–water partition coefficient (Wildman–Crippen LogP) is 3.53. The number of nitrogens with one attached hydrogen (secondary N) is 1. The van der Waals surface area contributed by atoms with Crippen LogP contribution in [0.2, 0.25) is 0 Å². The van der Waals surface area contributed by atoms with Crippen LogP contribution in [0.4, 0.5) is 0 Å². The summed E-state index contributed by atoms with van der Waals surface area (Å²) < 4.78 is 0. The van der Waals surface area contributed by atoms with Gasteiger partial charge in [-0.2, -0.15) is 0 Å². The minimum atomic E-state index is -0.960. The Morgan fingerprint density at radius 3 is 1.88 bits per heavy atom. The fourth-order valence-corrected chi connectivity index (χ4v) is 3.07. The molecule has 0 saturated carbocycles. The van der Waals surface area contributed by atoms with Gasteiger partial charge in [0.1, 0.15) is 0 Å². The van der Waals surface area contributed by atoms with Gasteiger partial charge in [-0.3, -0.25) is 14.9 Å². The number of nitrogens with zero attached hydrogens (tertiary/aromatic N) is 1. The Morgan fingerprint density at radius 2 is 1.42 bits per heavy atom. The Balaban J connectivity index is 3.77. The Hall–Kier alpha value is -1.14. The lowest BCUT2D eigenvalue weighted by Gasteiger charge is -2.29. The van der Waals surface area contributed by atoms with Crippen LogP contribution in [-0.2, 0) is 9.59 Å². The summed E-state index contributed by atoms with van der Waals surface area (Å²) in [5.74, 6) is -0.987. The smallest absolute Gasteiger partial charge is 0.317 e. The number of amides is 1. The van der Waals surface area contributed by atoms with E-state index < -0.39 is 12.1 Å². The molecular formula is C20H40N2O4. The van der Waals surface area contributed by atoms with Gasteiger partial charge in [-0.1, -0.05) is 71.1 Å². The molecule has 3 N–H and O–H groups in total. The van der Waals surface area contributed by atoms with Crippen LogP contribution in [0.1, 0.15) is 90.9 Å². The van der Waals surface area contributed by atoms with Crippen molar-refractivity contribution in [2.45, 2.75) is 97.1 Å². The van der Waals surface area contributed by atoms with Gasteiger partial charge < -0.3 is 15.1 Å². The third-order valence-electron chi connectivity index (χ3n) is 4.67. The highest BCUT2D eigenvalue weighted by Gasteiger charge is 2.19. The van der Waals surface area contributed by atoms with E-state index in [-0.39, 0.29) is 25.6 Å². The fraction of sp³-hybridized carbons (Fsp3) is 0.900. The van der Waals surface area contributed by atoms with E-state index in [0.29, 0.717) is 6.42 Å². The molecule has 1 atom stereocenters. The third-order valence-corrected chi connectivity index (χ3v) is 4.67. The van der Waals surface area contributed by atoms with Gasteiger partial charge in [0.15, 0.2) is 0 Å². The molecule has 0 radical (unpaired) electrons. The largest absolute Gasteiger partial charge is 0.480 e. The fourth-order valence-electron chi connectivity index (χ4n) is 3.07. The van der Waals surface area contributed by atoms with Crippen molar-refractivity contribution < 1.29 is 19.8 Å². The van der Waals surface area contributed by atoms with E-state index in [4.69, 9.17) is 10.2 Å². The summed E-state index contributed by atoms with van der Waals surface area (Å²) in [4.78, 5) is 24.5. The zero-order valence-corrected chi connectivity index (χ0v) is 16.8. The molecule has 1 unspecified atom stereocenters. The van der Waals surface area contributed by atoms with E-state index in [1.54, 1.807) is 6.92 Å². The first kappa shape index (κ1) is 24.9. The minimum Gasteiger partial charge on any atom is -0.480 e. The Labute approximate surface area is 159 Å². The molecule has 0 aromatic heterocycles. The van der Waals surface area contributed by atoms with Crippen LogP contribution in [0.25, 0.3) is 0 Å². The molecule has 0 aliphatic heterocycles. The number of aliphatic hydroxyl groups excluding tert-OH is 1. The second kappa shape index (κ2) is 17.3. The number of carboxylic acids is 1. The van der Waals surface area contributed by atoms with E-state index in [1.165, 1.54) is 56.3 Å². The first-order valence-corrected chi connectivity index (χ1v) is 10.4. The molecule has 0 aromatic carbocycles. The number of carbonyl (C=O) groups excluding carboxylic acids is 1. The van der Waals surface area contributed by atoms with Gasteiger partial charge in [-0.15, -0.1) is 0 Å². The van der Waals surface area contributed by atoms with Crippen LogP contribution < -0.4 is 5.32 Å². The van der Waals surface area contributed by atoms with Crippen molar-refractivity contribution in [2.75, 3.05) is 19.7 Å². The van der Waals surface area contributed by atoms with E-state index in [1.807, 2.05) is 0 Å². The van der Waals surface area contributed by atoms with E-state index in [0.717, 1.165) is 19.3 Å². The zero-order valence-electron chi connectivity index (χ0n) is 16.8. The summed E-state index contributed by atoms with van der Waals surface area (Å²) in [6, 6.07) is 0. The van der Waals surface area contributed by atoms with Crippen molar-refractivity contribution in [1.82, 2.24) is 10.2 Å². The maximum absolute atomic E-state index is 12.3. The lowest BCUT2D eigenvalue weighted by molar-refractivity contribution is -0.139. The normalized spacial score (nSPS) is 12.1. The quantitative estimate of drug-likeness (QED) is 0.253. The maximum Gasteiger partial charge on any atom is 0.317 e. The number of unbranched alkanes of at least 4 members (excludes halogenated alkanes) is 10. The lowest BCUT2D eigenvalue weighted by atomic mass is 10.1. The molecule has 6 heteroatoms. The van der Waals surface area contributed by atoms with Crippen LogP contribution >= 0.6 is 0 Å². The van der Waals surface area contributed by atoms with E-state index >= 15 is 0 Å². The standard InChI is InChI=1S/C20H40N2O4/c1-3-4-5-6-7-8-9-10-11-12-13-14-19(24)22(15-16-23)18(2)21-17-20(25)26/h18,21,23H,3-17H2,1-2H3,(H,25,26). The van der Waals surface area contributed by atoms with Crippen LogP contribution in [0, 0.1) is 0 Å². The predicted molar refractivity (Wildman–Crippen MR) is 105 cm³/mol. The summed E-state index contributed by atoms with van der Waals surface area (Å²) in [5, 5.41) is 20.6. The zero-order chi connectivity index (χ0) is 19.6. The highest BCUT2D eigenvalue weighted by Crippen LogP contribution is 2.12. The van der Waals surface area contributed by atoms with Crippen LogP contribution in [0.15, 0.2) is 0 Å². The first-order chi connectivity index (χ1) is 12.5. The summed E-state index contributed by atoms with van der Waals surface area (Å²) in [7, 11) is 0. The summed E-state index contributed by atoms with van der Waals surface area (Å²) in [6.07, 6.45) is 13.7. The molecule has 0 aliphatic rings. The lowest BCUT2D eigenvalue weighted by Crippen LogP contribution is -2.49. The van der Waals surface area contributed by atoms with Crippen molar-refractivity contribution >= 4 is 11.9 Å². The van der Waals surface area contributed by atoms with Gasteiger partial charge in [0.2, 0.25) is 5.91 Å². The van der Waals surface area contributed by atoms with Crippen LogP contribution in [0.3, 0.4) is 0 Å². The van der Waals surface area contributed by atoms with E-state index in [9.17, 15) is 9.59 Å². The number of carboxylic acid groups (broad SMARTS) is 1.